The van der Waals surface area contributed by atoms with Gasteiger partial charge in [-0.15, -0.1) is 5.10 Å². The summed E-state index contributed by atoms with van der Waals surface area (Å²) >= 11 is 0. The van der Waals surface area contributed by atoms with Crippen molar-refractivity contribution in [3.8, 4) is 11.5 Å². The number of carbonyl (C=O) groups is 1. The Bertz CT molecular complexity index is 1150. The standard InChI is InChI=1S/C21H15N3O3/c25-20(14-24-21(26)18-8-4-5-9-19(18)22-23-24)15-10-12-17(13-11-15)27-16-6-2-1-3-7-16/h1-13H,14H2. The zero-order valence-electron chi connectivity index (χ0n) is 14.3. The number of ether oxygens (including phenoxy) is 1. The zero-order chi connectivity index (χ0) is 18.6. The number of para-hydroxylation sites is 1. The minimum absolute atomic E-state index is 0.171. The molecule has 0 amide bonds. The first kappa shape index (κ1) is 16.7. The predicted molar refractivity (Wildman–Crippen MR) is 101 cm³/mol. The Kier molecular flexibility index (Phi) is 4.45. The Labute approximate surface area is 154 Å². The molecule has 0 saturated heterocycles. The van der Waals surface area contributed by atoms with Crippen LogP contribution >= 0.6 is 0 Å². The maximum absolute atomic E-state index is 12.5. The molecule has 0 aliphatic carbocycles. The van der Waals surface area contributed by atoms with Gasteiger partial charge in [-0.2, -0.15) is 0 Å². The molecule has 4 aromatic rings. The number of nitrogens with zero attached hydrogens (tertiary/aromatic N) is 3. The van der Waals surface area contributed by atoms with Gasteiger partial charge in [-0.1, -0.05) is 35.5 Å². The highest BCUT2D eigenvalue weighted by Crippen LogP contribution is 2.21. The number of Topliss-reactive ketones (excluding diaryl/α,β-unsaturated/α-hetero) is 1. The lowest BCUT2D eigenvalue weighted by atomic mass is 10.1. The van der Waals surface area contributed by atoms with Crippen LogP contribution in [-0.2, 0) is 6.54 Å². The summed E-state index contributed by atoms with van der Waals surface area (Å²) in [5.74, 6) is 1.11. The second kappa shape index (κ2) is 7.21. The summed E-state index contributed by atoms with van der Waals surface area (Å²) in [5.41, 5.74) is 0.642. The molecule has 1 heterocycles. The van der Waals surface area contributed by atoms with Gasteiger partial charge in [0.25, 0.3) is 5.56 Å². The number of benzene rings is 3. The van der Waals surface area contributed by atoms with Crippen molar-refractivity contribution in [2.75, 3.05) is 0 Å². The van der Waals surface area contributed by atoms with Gasteiger partial charge in [-0.05, 0) is 48.5 Å². The summed E-state index contributed by atoms with van der Waals surface area (Å²) in [6.45, 7) is -0.171. The highest BCUT2D eigenvalue weighted by molar-refractivity contribution is 5.96. The van der Waals surface area contributed by atoms with E-state index in [4.69, 9.17) is 4.74 Å². The van der Waals surface area contributed by atoms with Crippen molar-refractivity contribution in [1.82, 2.24) is 15.0 Å². The molecule has 0 unspecified atom stereocenters. The number of aromatic nitrogens is 3. The molecule has 0 saturated carbocycles. The first-order valence-electron chi connectivity index (χ1n) is 8.39. The number of hydrogen-bond acceptors (Lipinski definition) is 5. The molecule has 4 rings (SSSR count). The molecular weight excluding hydrogens is 342 g/mol. The number of ketones is 1. The fourth-order valence-electron chi connectivity index (χ4n) is 2.69. The first-order valence-corrected chi connectivity index (χ1v) is 8.39. The molecular formula is C21H15N3O3. The van der Waals surface area contributed by atoms with Crippen molar-refractivity contribution >= 4 is 16.7 Å². The molecule has 27 heavy (non-hydrogen) atoms. The van der Waals surface area contributed by atoms with Gasteiger partial charge < -0.3 is 4.74 Å². The van der Waals surface area contributed by atoms with Crippen LogP contribution in [0.3, 0.4) is 0 Å². The Hall–Kier alpha value is -3.80. The average Bonchev–Trinajstić information content (AvgIpc) is 2.71. The molecule has 0 N–H and O–H groups in total. The van der Waals surface area contributed by atoms with Crippen molar-refractivity contribution in [3.63, 3.8) is 0 Å². The third-order valence-electron chi connectivity index (χ3n) is 4.08. The molecule has 6 nitrogen and oxygen atoms in total. The molecule has 0 atom stereocenters. The fraction of sp³-hybridized carbons (Fsp3) is 0.0476. The van der Waals surface area contributed by atoms with Gasteiger partial charge in [-0.3, -0.25) is 9.59 Å². The van der Waals surface area contributed by atoms with Crippen LogP contribution in [-0.4, -0.2) is 20.8 Å². The van der Waals surface area contributed by atoms with E-state index in [-0.39, 0.29) is 17.9 Å². The molecule has 0 aliphatic heterocycles. The largest absolute Gasteiger partial charge is 0.457 e. The molecule has 3 aromatic carbocycles. The van der Waals surface area contributed by atoms with Crippen molar-refractivity contribution in [2.24, 2.45) is 0 Å². The Balaban J connectivity index is 1.52. The normalized spacial score (nSPS) is 10.7. The molecule has 0 aliphatic rings. The van der Waals surface area contributed by atoms with E-state index >= 15 is 0 Å². The van der Waals surface area contributed by atoms with Gasteiger partial charge in [0.2, 0.25) is 0 Å². The van der Waals surface area contributed by atoms with Crippen LogP contribution in [0.25, 0.3) is 10.9 Å². The van der Waals surface area contributed by atoms with E-state index in [0.717, 1.165) is 10.4 Å². The Morgan fingerprint density at radius 2 is 1.52 bits per heavy atom. The SMILES string of the molecule is O=C(Cn1nnc2ccccc2c1=O)c1ccc(Oc2ccccc2)cc1. The van der Waals surface area contributed by atoms with Crippen LogP contribution in [0.5, 0.6) is 11.5 Å². The monoisotopic (exact) mass is 357 g/mol. The van der Waals surface area contributed by atoms with E-state index in [0.29, 0.717) is 22.2 Å². The quantitative estimate of drug-likeness (QED) is 0.511. The molecule has 132 valence electrons. The molecule has 0 radical (unpaired) electrons. The minimum atomic E-state index is -0.335. The second-order valence-electron chi connectivity index (χ2n) is 5.93. The van der Waals surface area contributed by atoms with Gasteiger partial charge in [0, 0.05) is 5.56 Å². The highest BCUT2D eigenvalue weighted by atomic mass is 16.5. The smallest absolute Gasteiger partial charge is 0.278 e. The number of fused-ring (bicyclic) bond motifs is 1. The fourth-order valence-corrected chi connectivity index (χ4v) is 2.69. The summed E-state index contributed by atoms with van der Waals surface area (Å²) in [6.07, 6.45) is 0. The van der Waals surface area contributed by atoms with Crippen LogP contribution in [0.15, 0.2) is 83.7 Å². The third kappa shape index (κ3) is 3.59. The van der Waals surface area contributed by atoms with E-state index in [2.05, 4.69) is 10.3 Å². The lowest BCUT2D eigenvalue weighted by molar-refractivity contribution is 0.0964. The van der Waals surface area contributed by atoms with E-state index in [1.807, 2.05) is 30.3 Å². The molecule has 6 heteroatoms. The topological polar surface area (TPSA) is 74.1 Å². The minimum Gasteiger partial charge on any atom is -0.457 e. The van der Waals surface area contributed by atoms with Crippen LogP contribution in [0, 0.1) is 0 Å². The van der Waals surface area contributed by atoms with Crippen molar-refractivity contribution < 1.29 is 9.53 Å². The van der Waals surface area contributed by atoms with Gasteiger partial charge in [0.15, 0.2) is 5.78 Å². The summed E-state index contributed by atoms with van der Waals surface area (Å²) in [4.78, 5) is 24.9. The number of hydrogen-bond donors (Lipinski definition) is 0. The second-order valence-corrected chi connectivity index (χ2v) is 5.93. The Morgan fingerprint density at radius 1 is 0.852 bits per heavy atom. The maximum atomic E-state index is 12.5. The summed E-state index contributed by atoms with van der Waals surface area (Å²) < 4.78 is 6.79. The van der Waals surface area contributed by atoms with Crippen LogP contribution in [0.2, 0.25) is 0 Å². The zero-order valence-corrected chi connectivity index (χ0v) is 14.3. The highest BCUT2D eigenvalue weighted by Gasteiger charge is 2.11. The van der Waals surface area contributed by atoms with Crippen molar-refractivity contribution in [1.29, 1.82) is 0 Å². The number of rotatable bonds is 5. The van der Waals surface area contributed by atoms with Crippen molar-refractivity contribution in [2.45, 2.75) is 6.54 Å². The first-order chi connectivity index (χ1) is 13.2. The van der Waals surface area contributed by atoms with Crippen LogP contribution < -0.4 is 10.3 Å². The molecule has 0 spiro atoms. The molecule has 0 bridgehead atoms. The van der Waals surface area contributed by atoms with Crippen LogP contribution in [0.1, 0.15) is 10.4 Å². The lowest BCUT2D eigenvalue weighted by Gasteiger charge is -2.07. The molecule has 0 fully saturated rings. The Morgan fingerprint density at radius 3 is 2.30 bits per heavy atom. The van der Waals surface area contributed by atoms with Crippen LogP contribution in [0.4, 0.5) is 0 Å². The predicted octanol–water partition coefficient (Wildman–Crippen LogP) is 3.47. The van der Waals surface area contributed by atoms with E-state index in [1.54, 1.807) is 48.5 Å². The van der Waals surface area contributed by atoms with Gasteiger partial charge in [0.05, 0.1) is 5.39 Å². The summed E-state index contributed by atoms with van der Waals surface area (Å²) in [6, 6.07) is 23.1. The lowest BCUT2D eigenvalue weighted by Crippen LogP contribution is -2.27. The number of carbonyl (C=O) groups excluding carboxylic acids is 1. The van der Waals surface area contributed by atoms with E-state index < -0.39 is 0 Å². The van der Waals surface area contributed by atoms with E-state index in [9.17, 15) is 9.59 Å². The van der Waals surface area contributed by atoms with Gasteiger partial charge >= 0.3 is 0 Å². The summed E-state index contributed by atoms with van der Waals surface area (Å²) in [5, 5.41) is 8.28. The summed E-state index contributed by atoms with van der Waals surface area (Å²) in [7, 11) is 0. The van der Waals surface area contributed by atoms with E-state index in [1.165, 1.54) is 0 Å². The average molecular weight is 357 g/mol. The maximum Gasteiger partial charge on any atom is 0.278 e. The van der Waals surface area contributed by atoms with Crippen molar-refractivity contribution in [3.05, 3.63) is 94.8 Å². The third-order valence-corrected chi connectivity index (χ3v) is 4.08. The van der Waals surface area contributed by atoms with Gasteiger partial charge in [0.1, 0.15) is 23.6 Å². The van der Waals surface area contributed by atoms with Gasteiger partial charge in [-0.25, -0.2) is 4.68 Å². The molecule has 1 aromatic heterocycles.